The van der Waals surface area contributed by atoms with Gasteiger partial charge in [-0.05, 0) is 37.8 Å². The van der Waals surface area contributed by atoms with E-state index in [9.17, 15) is 13.2 Å². The highest BCUT2D eigenvalue weighted by Gasteiger charge is 2.24. The van der Waals surface area contributed by atoms with Gasteiger partial charge in [0, 0.05) is 19.2 Å². The molecule has 0 spiro atoms. The first-order valence-corrected chi connectivity index (χ1v) is 12.7. The zero-order valence-electron chi connectivity index (χ0n) is 19.5. The third-order valence-electron chi connectivity index (χ3n) is 5.18. The van der Waals surface area contributed by atoms with E-state index in [0.29, 0.717) is 36.7 Å². The van der Waals surface area contributed by atoms with Crippen LogP contribution in [0.2, 0.25) is 0 Å². The Hall–Kier alpha value is -2.99. The van der Waals surface area contributed by atoms with Crippen molar-refractivity contribution in [3.05, 3.63) is 24.0 Å². The molecule has 180 valence electrons. The molecule has 0 fully saturated rings. The molecule has 2 aromatic heterocycles. The molecule has 0 bridgehead atoms. The second-order valence-electron chi connectivity index (χ2n) is 8.26. The molecule has 0 saturated carbocycles. The van der Waals surface area contributed by atoms with E-state index in [2.05, 4.69) is 25.6 Å². The van der Waals surface area contributed by atoms with Gasteiger partial charge in [-0.2, -0.15) is 0 Å². The van der Waals surface area contributed by atoms with Crippen molar-refractivity contribution in [2.24, 2.45) is 5.92 Å². The lowest BCUT2D eigenvalue weighted by Crippen LogP contribution is -2.49. The number of unbranched alkanes of at least 4 members (excludes halogenated alkanes) is 1. The van der Waals surface area contributed by atoms with Gasteiger partial charge in [-0.1, -0.05) is 13.8 Å². The molecule has 11 nitrogen and oxygen atoms in total. The summed E-state index contributed by atoms with van der Waals surface area (Å²) in [5.41, 5.74) is 2.30. The van der Waals surface area contributed by atoms with Gasteiger partial charge in [0.05, 0.1) is 24.4 Å². The summed E-state index contributed by atoms with van der Waals surface area (Å²) in [4.78, 5) is 17.0. The number of sulfonamides is 1. The lowest BCUT2D eigenvalue weighted by atomic mass is 10.1. The van der Waals surface area contributed by atoms with Crippen molar-refractivity contribution in [3.8, 4) is 5.75 Å². The number of aromatic nitrogens is 4. The Morgan fingerprint density at radius 2 is 1.91 bits per heavy atom. The fourth-order valence-corrected chi connectivity index (χ4v) is 4.34. The zero-order chi connectivity index (χ0) is 24.2. The Morgan fingerprint density at radius 3 is 2.58 bits per heavy atom. The number of anilines is 1. The standard InChI is InChI=1S/C21H31N7O4S/c1-13(2)18(27-33(5,30)31)21(29)23-11-7-6-10-22-19-20-26-25-14(3)28(20)17-9-8-15(32-4)12-16(17)24-19/h8-9,12-13,18,27H,6-7,10-11H2,1-5H3,(H,22,24)(H,23,29)/t18-/m0/s1. The van der Waals surface area contributed by atoms with E-state index in [4.69, 9.17) is 9.72 Å². The van der Waals surface area contributed by atoms with Gasteiger partial charge in [0.25, 0.3) is 0 Å². The number of ether oxygens (including phenoxy) is 1. The van der Waals surface area contributed by atoms with E-state index in [-0.39, 0.29) is 11.8 Å². The first-order chi connectivity index (χ1) is 15.6. The maximum Gasteiger partial charge on any atom is 0.238 e. The molecule has 2 heterocycles. The van der Waals surface area contributed by atoms with Crippen LogP contribution in [0, 0.1) is 12.8 Å². The van der Waals surface area contributed by atoms with E-state index < -0.39 is 16.1 Å². The predicted molar refractivity (Wildman–Crippen MR) is 127 cm³/mol. The minimum Gasteiger partial charge on any atom is -0.497 e. The van der Waals surface area contributed by atoms with E-state index >= 15 is 0 Å². The van der Waals surface area contributed by atoms with Gasteiger partial charge in [0.1, 0.15) is 17.6 Å². The minimum absolute atomic E-state index is 0.159. The third kappa shape index (κ3) is 6.08. The van der Waals surface area contributed by atoms with Crippen LogP contribution in [0.1, 0.15) is 32.5 Å². The quantitative estimate of drug-likeness (QED) is 0.353. The molecular formula is C21H31N7O4S. The van der Waals surface area contributed by atoms with Gasteiger partial charge in [-0.15, -0.1) is 10.2 Å². The molecule has 0 aliphatic heterocycles. The number of aryl methyl sites for hydroxylation is 1. The predicted octanol–water partition coefficient (Wildman–Crippen LogP) is 1.48. The maximum absolute atomic E-state index is 12.4. The van der Waals surface area contributed by atoms with Gasteiger partial charge in [0.15, 0.2) is 5.82 Å². The van der Waals surface area contributed by atoms with Crippen LogP contribution in [0.5, 0.6) is 5.75 Å². The van der Waals surface area contributed by atoms with Crippen molar-refractivity contribution in [1.82, 2.24) is 29.6 Å². The summed E-state index contributed by atoms with van der Waals surface area (Å²) in [6, 6.07) is 4.88. The van der Waals surface area contributed by atoms with Gasteiger partial charge < -0.3 is 15.4 Å². The van der Waals surface area contributed by atoms with Gasteiger partial charge >= 0.3 is 0 Å². The SMILES string of the molecule is COc1ccc2c(c1)nc(NCCCCNC(=O)[C@@H](NS(C)(=O)=O)C(C)C)c1nnc(C)n12. The summed E-state index contributed by atoms with van der Waals surface area (Å²) in [5, 5.41) is 14.6. The molecule has 0 saturated heterocycles. The number of fused-ring (bicyclic) bond motifs is 3. The van der Waals surface area contributed by atoms with Crippen molar-refractivity contribution in [3.63, 3.8) is 0 Å². The summed E-state index contributed by atoms with van der Waals surface area (Å²) >= 11 is 0. The van der Waals surface area contributed by atoms with Crippen LogP contribution in [0.25, 0.3) is 16.7 Å². The fraction of sp³-hybridized carbons (Fsp3) is 0.524. The smallest absolute Gasteiger partial charge is 0.238 e. The Labute approximate surface area is 193 Å². The van der Waals surface area contributed by atoms with Crippen LogP contribution in [0.4, 0.5) is 5.82 Å². The number of carbonyl (C=O) groups is 1. The number of nitrogens with zero attached hydrogens (tertiary/aromatic N) is 4. The fourth-order valence-electron chi connectivity index (χ4n) is 3.50. The number of methoxy groups -OCH3 is 1. The minimum atomic E-state index is -3.47. The van der Waals surface area contributed by atoms with E-state index in [1.54, 1.807) is 21.0 Å². The molecular weight excluding hydrogens is 446 g/mol. The Bertz CT molecular complexity index is 1240. The Balaban J connectivity index is 1.58. The molecule has 1 amide bonds. The summed E-state index contributed by atoms with van der Waals surface area (Å²) in [6.45, 7) is 6.54. The topological polar surface area (TPSA) is 140 Å². The van der Waals surface area contributed by atoms with Gasteiger partial charge in [0.2, 0.25) is 21.6 Å². The lowest BCUT2D eigenvalue weighted by molar-refractivity contribution is -0.123. The molecule has 3 aromatic rings. The number of hydrogen-bond donors (Lipinski definition) is 3. The van der Waals surface area contributed by atoms with Gasteiger partial charge in [-0.3, -0.25) is 9.20 Å². The van der Waals surface area contributed by atoms with Crippen LogP contribution in [0.3, 0.4) is 0 Å². The number of carbonyl (C=O) groups excluding carboxylic acids is 1. The third-order valence-corrected chi connectivity index (χ3v) is 5.86. The summed E-state index contributed by atoms with van der Waals surface area (Å²) < 4.78 is 32.6. The van der Waals surface area contributed by atoms with Crippen molar-refractivity contribution in [1.29, 1.82) is 0 Å². The number of amides is 1. The van der Waals surface area contributed by atoms with E-state index in [1.165, 1.54) is 0 Å². The van der Waals surface area contributed by atoms with Crippen molar-refractivity contribution >= 4 is 38.4 Å². The first kappa shape index (κ1) is 24.6. The molecule has 1 atom stereocenters. The Morgan fingerprint density at radius 1 is 1.18 bits per heavy atom. The molecule has 1 aromatic carbocycles. The molecule has 0 aliphatic rings. The highest BCUT2D eigenvalue weighted by molar-refractivity contribution is 7.88. The highest BCUT2D eigenvalue weighted by atomic mass is 32.2. The summed E-state index contributed by atoms with van der Waals surface area (Å²) in [7, 11) is -1.86. The average molecular weight is 478 g/mol. The van der Waals surface area contributed by atoms with Crippen LogP contribution >= 0.6 is 0 Å². The molecule has 3 N–H and O–H groups in total. The molecule has 0 aliphatic carbocycles. The van der Waals surface area contributed by atoms with Crippen LogP contribution < -0.4 is 20.1 Å². The highest BCUT2D eigenvalue weighted by Crippen LogP contribution is 2.25. The normalized spacial score (nSPS) is 12.9. The van der Waals surface area contributed by atoms with E-state index in [1.807, 2.05) is 29.5 Å². The molecule has 0 unspecified atom stereocenters. The number of nitrogens with one attached hydrogen (secondary N) is 3. The van der Waals surface area contributed by atoms with E-state index in [0.717, 1.165) is 29.5 Å². The Kier molecular flexibility index (Phi) is 7.69. The van der Waals surface area contributed by atoms with Crippen LogP contribution in [0.15, 0.2) is 18.2 Å². The largest absolute Gasteiger partial charge is 0.497 e. The summed E-state index contributed by atoms with van der Waals surface area (Å²) in [5.74, 6) is 1.61. The number of hydrogen-bond acceptors (Lipinski definition) is 8. The maximum atomic E-state index is 12.4. The average Bonchev–Trinajstić information content (AvgIpc) is 3.15. The van der Waals surface area contributed by atoms with Crippen molar-refractivity contribution in [2.75, 3.05) is 31.8 Å². The molecule has 33 heavy (non-hydrogen) atoms. The molecule has 3 rings (SSSR count). The summed E-state index contributed by atoms with van der Waals surface area (Å²) in [6.07, 6.45) is 2.53. The van der Waals surface area contributed by atoms with Crippen molar-refractivity contribution in [2.45, 2.75) is 39.7 Å². The van der Waals surface area contributed by atoms with Crippen LogP contribution in [-0.2, 0) is 14.8 Å². The second kappa shape index (κ2) is 10.3. The monoisotopic (exact) mass is 477 g/mol. The first-order valence-electron chi connectivity index (χ1n) is 10.8. The zero-order valence-corrected chi connectivity index (χ0v) is 20.4. The van der Waals surface area contributed by atoms with Crippen molar-refractivity contribution < 1.29 is 17.9 Å². The number of rotatable bonds is 11. The lowest BCUT2D eigenvalue weighted by Gasteiger charge is -2.20. The number of benzene rings is 1. The molecule has 0 radical (unpaired) electrons. The van der Waals surface area contributed by atoms with Gasteiger partial charge in [-0.25, -0.2) is 18.1 Å². The molecule has 12 heteroatoms. The second-order valence-corrected chi connectivity index (χ2v) is 10.0. The van der Waals surface area contributed by atoms with Crippen LogP contribution in [-0.4, -0.2) is 66.4 Å².